The lowest BCUT2D eigenvalue weighted by molar-refractivity contribution is 0.0957. The Morgan fingerprint density at radius 3 is 2.88 bits per heavy atom. The molecule has 0 saturated heterocycles. The number of carbonyl (C=O) groups excluding carboxylic acids is 1. The third-order valence-electron chi connectivity index (χ3n) is 4.02. The second kappa shape index (κ2) is 5.56. The van der Waals surface area contributed by atoms with Crippen molar-refractivity contribution < 1.29 is 9.18 Å². The minimum atomic E-state index is -0.410. The zero-order valence-corrected chi connectivity index (χ0v) is 13.1. The van der Waals surface area contributed by atoms with Crippen LogP contribution in [0.1, 0.15) is 29.5 Å². The Morgan fingerprint density at radius 1 is 1.21 bits per heavy atom. The van der Waals surface area contributed by atoms with E-state index in [4.69, 9.17) is 0 Å². The van der Waals surface area contributed by atoms with Crippen molar-refractivity contribution in [1.82, 2.24) is 18.9 Å². The van der Waals surface area contributed by atoms with E-state index in [1.807, 2.05) is 31.2 Å². The van der Waals surface area contributed by atoms with Crippen molar-refractivity contribution in [3.8, 4) is 0 Å². The minimum Gasteiger partial charge on any atom is -0.292 e. The standard InChI is InChI=1S/C18H15FN4O/c1-2-5-14-17(22-10-12(19)8-9-16(22)21-14)18(24)23-11-20-13-6-3-4-7-15(13)23/h3-4,6-11H,2,5H2,1H3. The molecule has 6 heteroatoms. The van der Waals surface area contributed by atoms with Crippen LogP contribution in [0.25, 0.3) is 16.7 Å². The Hall–Kier alpha value is -3.02. The van der Waals surface area contributed by atoms with E-state index in [2.05, 4.69) is 9.97 Å². The van der Waals surface area contributed by atoms with Crippen molar-refractivity contribution >= 4 is 22.6 Å². The van der Waals surface area contributed by atoms with Crippen LogP contribution in [0.3, 0.4) is 0 Å². The Morgan fingerprint density at radius 2 is 2.04 bits per heavy atom. The van der Waals surface area contributed by atoms with Crippen LogP contribution in [0, 0.1) is 5.82 Å². The highest BCUT2D eigenvalue weighted by Crippen LogP contribution is 2.20. The van der Waals surface area contributed by atoms with Gasteiger partial charge in [0.2, 0.25) is 0 Å². The average Bonchev–Trinajstić information content (AvgIpc) is 3.15. The number of hydrogen-bond acceptors (Lipinski definition) is 3. The van der Waals surface area contributed by atoms with Gasteiger partial charge < -0.3 is 0 Å². The van der Waals surface area contributed by atoms with Crippen molar-refractivity contribution in [2.24, 2.45) is 0 Å². The Labute approximate surface area is 137 Å². The lowest BCUT2D eigenvalue weighted by atomic mass is 10.2. The topological polar surface area (TPSA) is 52.2 Å². The van der Waals surface area contributed by atoms with Crippen molar-refractivity contribution in [3.05, 3.63) is 66.1 Å². The van der Waals surface area contributed by atoms with Gasteiger partial charge in [-0.15, -0.1) is 0 Å². The van der Waals surface area contributed by atoms with Gasteiger partial charge in [-0.25, -0.2) is 14.4 Å². The fourth-order valence-electron chi connectivity index (χ4n) is 2.94. The summed E-state index contributed by atoms with van der Waals surface area (Å²) < 4.78 is 16.7. The largest absolute Gasteiger partial charge is 0.292 e. The van der Waals surface area contributed by atoms with E-state index in [1.54, 1.807) is 6.07 Å². The summed E-state index contributed by atoms with van der Waals surface area (Å²) in [4.78, 5) is 21.9. The lowest BCUT2D eigenvalue weighted by Crippen LogP contribution is -2.15. The van der Waals surface area contributed by atoms with Gasteiger partial charge in [0.15, 0.2) is 0 Å². The molecule has 0 bridgehead atoms. The number of carbonyl (C=O) groups is 1. The van der Waals surface area contributed by atoms with Crippen molar-refractivity contribution in [2.75, 3.05) is 0 Å². The molecule has 0 aliphatic heterocycles. The van der Waals surface area contributed by atoms with Crippen molar-refractivity contribution in [1.29, 1.82) is 0 Å². The van der Waals surface area contributed by atoms with Gasteiger partial charge in [-0.3, -0.25) is 13.8 Å². The number of pyridine rings is 1. The first-order valence-corrected chi connectivity index (χ1v) is 7.82. The molecule has 0 spiro atoms. The van der Waals surface area contributed by atoms with E-state index in [0.29, 0.717) is 23.5 Å². The quantitative estimate of drug-likeness (QED) is 0.580. The highest BCUT2D eigenvalue weighted by Gasteiger charge is 2.22. The van der Waals surface area contributed by atoms with Gasteiger partial charge in [0.05, 0.1) is 16.7 Å². The molecule has 0 unspecified atom stereocenters. The fourth-order valence-corrected chi connectivity index (χ4v) is 2.94. The predicted molar refractivity (Wildman–Crippen MR) is 88.6 cm³/mol. The van der Waals surface area contributed by atoms with E-state index in [0.717, 1.165) is 17.5 Å². The summed E-state index contributed by atoms with van der Waals surface area (Å²) in [5, 5.41) is 0. The molecule has 0 fully saturated rings. The molecular weight excluding hydrogens is 307 g/mol. The molecular formula is C18H15FN4O. The summed E-state index contributed by atoms with van der Waals surface area (Å²) in [5.41, 5.74) is 3.08. The van der Waals surface area contributed by atoms with Gasteiger partial charge in [0, 0.05) is 6.20 Å². The van der Waals surface area contributed by atoms with E-state index < -0.39 is 5.82 Å². The molecule has 4 rings (SSSR count). The number of halogens is 1. The monoisotopic (exact) mass is 322 g/mol. The summed E-state index contributed by atoms with van der Waals surface area (Å²) in [6.45, 7) is 2.02. The number of fused-ring (bicyclic) bond motifs is 2. The van der Waals surface area contributed by atoms with Gasteiger partial charge >= 0.3 is 0 Å². The molecule has 0 atom stereocenters. The van der Waals surface area contributed by atoms with Gasteiger partial charge in [-0.1, -0.05) is 25.5 Å². The zero-order chi connectivity index (χ0) is 16.7. The molecule has 5 nitrogen and oxygen atoms in total. The SMILES string of the molecule is CCCc1nc2ccc(F)cn2c1C(=O)n1cnc2ccccc21. The normalized spacial score (nSPS) is 11.4. The van der Waals surface area contributed by atoms with E-state index in [-0.39, 0.29) is 5.91 Å². The van der Waals surface area contributed by atoms with Crippen molar-refractivity contribution in [2.45, 2.75) is 19.8 Å². The van der Waals surface area contributed by atoms with Crippen LogP contribution in [0.15, 0.2) is 48.9 Å². The first-order chi connectivity index (χ1) is 11.7. The Balaban J connectivity index is 1.95. The summed E-state index contributed by atoms with van der Waals surface area (Å²) in [6, 6.07) is 10.3. The van der Waals surface area contributed by atoms with Crippen LogP contribution in [-0.2, 0) is 6.42 Å². The minimum absolute atomic E-state index is 0.259. The van der Waals surface area contributed by atoms with E-state index in [1.165, 1.54) is 27.6 Å². The summed E-state index contributed by atoms with van der Waals surface area (Å²) in [6.07, 6.45) is 4.30. The summed E-state index contributed by atoms with van der Waals surface area (Å²) in [7, 11) is 0. The first kappa shape index (κ1) is 14.6. The number of aromatic nitrogens is 4. The molecule has 4 aromatic rings. The van der Waals surface area contributed by atoms with Crippen LogP contribution >= 0.6 is 0 Å². The molecule has 3 heterocycles. The first-order valence-electron chi connectivity index (χ1n) is 7.82. The maximum absolute atomic E-state index is 13.7. The van der Waals surface area contributed by atoms with Crippen LogP contribution < -0.4 is 0 Å². The highest BCUT2D eigenvalue weighted by molar-refractivity contribution is 6.01. The molecule has 0 radical (unpaired) electrons. The molecule has 3 aromatic heterocycles. The van der Waals surface area contributed by atoms with Gasteiger partial charge in [-0.05, 0) is 30.7 Å². The third-order valence-corrected chi connectivity index (χ3v) is 4.02. The zero-order valence-electron chi connectivity index (χ0n) is 13.1. The van der Waals surface area contributed by atoms with Crippen LogP contribution in [0.5, 0.6) is 0 Å². The molecule has 0 aliphatic carbocycles. The second-order valence-corrected chi connectivity index (χ2v) is 5.64. The molecule has 0 N–H and O–H groups in total. The van der Waals surface area contributed by atoms with Gasteiger partial charge in [0.25, 0.3) is 5.91 Å². The summed E-state index contributed by atoms with van der Waals surface area (Å²) >= 11 is 0. The maximum Gasteiger partial charge on any atom is 0.282 e. The molecule has 0 aliphatic rings. The maximum atomic E-state index is 13.7. The smallest absolute Gasteiger partial charge is 0.282 e. The fraction of sp³-hybridized carbons (Fsp3) is 0.167. The number of aryl methyl sites for hydroxylation is 1. The number of benzene rings is 1. The lowest BCUT2D eigenvalue weighted by Gasteiger charge is -2.06. The molecule has 0 amide bonds. The van der Waals surface area contributed by atoms with E-state index in [9.17, 15) is 9.18 Å². The molecule has 0 saturated carbocycles. The highest BCUT2D eigenvalue weighted by atomic mass is 19.1. The molecule has 120 valence electrons. The van der Waals surface area contributed by atoms with Crippen LogP contribution in [0.4, 0.5) is 4.39 Å². The number of hydrogen-bond donors (Lipinski definition) is 0. The number of rotatable bonds is 3. The van der Waals surface area contributed by atoms with Crippen molar-refractivity contribution in [3.63, 3.8) is 0 Å². The Kier molecular flexibility index (Phi) is 3.37. The predicted octanol–water partition coefficient (Wildman–Crippen LogP) is 3.46. The molecule has 24 heavy (non-hydrogen) atoms. The number of nitrogens with zero attached hydrogens (tertiary/aromatic N) is 4. The molecule has 1 aromatic carbocycles. The number of para-hydroxylation sites is 2. The Bertz CT molecular complexity index is 1060. The van der Waals surface area contributed by atoms with Crippen LogP contribution in [-0.4, -0.2) is 24.8 Å². The van der Waals surface area contributed by atoms with Crippen LogP contribution in [0.2, 0.25) is 0 Å². The summed E-state index contributed by atoms with van der Waals surface area (Å²) in [5.74, 6) is -0.669. The average molecular weight is 322 g/mol. The third kappa shape index (κ3) is 2.19. The number of imidazole rings is 2. The van der Waals surface area contributed by atoms with E-state index >= 15 is 0 Å². The van der Waals surface area contributed by atoms with Gasteiger partial charge in [-0.2, -0.15) is 0 Å². The van der Waals surface area contributed by atoms with Gasteiger partial charge in [0.1, 0.15) is 23.5 Å². The second-order valence-electron chi connectivity index (χ2n) is 5.64.